The van der Waals surface area contributed by atoms with Crippen LogP contribution in [0.5, 0.6) is 5.75 Å². The molecule has 0 aromatic heterocycles. The number of hydrogen-bond donors (Lipinski definition) is 1. The molecule has 0 atom stereocenters. The summed E-state index contributed by atoms with van der Waals surface area (Å²) in [6.07, 6.45) is 2.02. The predicted octanol–water partition coefficient (Wildman–Crippen LogP) is 4.03. The van der Waals surface area contributed by atoms with Crippen molar-refractivity contribution in [3.05, 3.63) is 64.2 Å². The van der Waals surface area contributed by atoms with E-state index in [4.69, 9.17) is 4.74 Å². The zero-order valence-electron chi connectivity index (χ0n) is 12.8. The molecule has 1 amide bonds. The number of unbranched alkanes of at least 4 members (excludes halogenated alkanes) is 1. The van der Waals surface area contributed by atoms with E-state index in [0.717, 1.165) is 12.8 Å². The Morgan fingerprint density at radius 3 is 2.61 bits per heavy atom. The number of carbonyl (C=O) groups excluding carboxylic acids is 1. The fraction of sp³-hybridized carbons (Fsp3) is 0.235. The van der Waals surface area contributed by atoms with Crippen LogP contribution >= 0.6 is 0 Å². The molecular weight excluding hydrogens is 296 g/mol. The van der Waals surface area contributed by atoms with E-state index in [1.165, 1.54) is 24.3 Å². The second-order valence-corrected chi connectivity index (χ2v) is 4.99. The zero-order chi connectivity index (χ0) is 16.7. The number of ether oxygens (including phenoxy) is 1. The van der Waals surface area contributed by atoms with Crippen molar-refractivity contribution in [3.8, 4) is 5.75 Å². The second kappa shape index (κ2) is 7.93. The quantitative estimate of drug-likeness (QED) is 0.475. The fourth-order valence-electron chi connectivity index (χ4n) is 1.94. The minimum Gasteiger partial charge on any atom is -0.494 e. The monoisotopic (exact) mass is 314 g/mol. The molecule has 0 spiro atoms. The van der Waals surface area contributed by atoms with Gasteiger partial charge in [0, 0.05) is 29.4 Å². The smallest absolute Gasteiger partial charge is 0.269 e. The van der Waals surface area contributed by atoms with Gasteiger partial charge in [0.1, 0.15) is 5.75 Å². The number of anilines is 1. The van der Waals surface area contributed by atoms with Crippen molar-refractivity contribution in [2.24, 2.45) is 0 Å². The zero-order valence-corrected chi connectivity index (χ0v) is 12.8. The Kier molecular flexibility index (Phi) is 5.68. The van der Waals surface area contributed by atoms with Gasteiger partial charge in [0.2, 0.25) is 0 Å². The molecule has 0 aliphatic carbocycles. The van der Waals surface area contributed by atoms with Crippen LogP contribution in [0.4, 0.5) is 11.4 Å². The highest BCUT2D eigenvalue weighted by Crippen LogP contribution is 2.19. The number of amides is 1. The van der Waals surface area contributed by atoms with Crippen LogP contribution in [-0.4, -0.2) is 17.4 Å². The van der Waals surface area contributed by atoms with E-state index in [0.29, 0.717) is 23.6 Å². The number of non-ortho nitro benzene ring substituents is 1. The third kappa shape index (κ3) is 4.81. The van der Waals surface area contributed by atoms with Gasteiger partial charge in [0.25, 0.3) is 11.6 Å². The summed E-state index contributed by atoms with van der Waals surface area (Å²) in [5.41, 5.74) is 0.920. The highest BCUT2D eigenvalue weighted by molar-refractivity contribution is 6.04. The largest absolute Gasteiger partial charge is 0.494 e. The maximum absolute atomic E-state index is 12.1. The molecule has 0 radical (unpaired) electrons. The number of nitro benzene ring substituents is 1. The summed E-state index contributed by atoms with van der Waals surface area (Å²) in [5.74, 6) is 0.366. The molecule has 2 aromatic rings. The van der Waals surface area contributed by atoms with Crippen LogP contribution in [0.25, 0.3) is 0 Å². The first kappa shape index (κ1) is 16.5. The first-order chi connectivity index (χ1) is 11.1. The SMILES string of the molecule is CCCCOc1cccc(NC(=O)c2ccc([N+](=O)[O-])cc2)c1. The Balaban J connectivity index is 2.02. The summed E-state index contributed by atoms with van der Waals surface area (Å²) in [7, 11) is 0. The van der Waals surface area contributed by atoms with Crippen LogP contribution in [0.1, 0.15) is 30.1 Å². The first-order valence-corrected chi connectivity index (χ1v) is 7.39. The molecule has 23 heavy (non-hydrogen) atoms. The highest BCUT2D eigenvalue weighted by Gasteiger charge is 2.10. The van der Waals surface area contributed by atoms with Gasteiger partial charge in [-0.1, -0.05) is 19.4 Å². The summed E-state index contributed by atoms with van der Waals surface area (Å²) in [4.78, 5) is 22.3. The molecule has 2 aromatic carbocycles. The molecule has 0 aliphatic heterocycles. The molecule has 0 heterocycles. The average molecular weight is 314 g/mol. The van der Waals surface area contributed by atoms with E-state index in [1.807, 2.05) is 6.07 Å². The molecule has 1 N–H and O–H groups in total. The summed E-state index contributed by atoms with van der Waals surface area (Å²) >= 11 is 0. The molecule has 0 aliphatic rings. The summed E-state index contributed by atoms with van der Waals surface area (Å²) in [6, 6.07) is 12.6. The van der Waals surface area contributed by atoms with E-state index >= 15 is 0 Å². The van der Waals surface area contributed by atoms with Gasteiger partial charge < -0.3 is 10.1 Å². The van der Waals surface area contributed by atoms with Gasteiger partial charge in [-0.05, 0) is 30.7 Å². The third-order valence-electron chi connectivity index (χ3n) is 3.20. The van der Waals surface area contributed by atoms with Gasteiger partial charge in [0.05, 0.1) is 11.5 Å². The molecule has 6 nitrogen and oxygen atoms in total. The Morgan fingerprint density at radius 2 is 1.96 bits per heavy atom. The normalized spacial score (nSPS) is 10.1. The van der Waals surface area contributed by atoms with Gasteiger partial charge >= 0.3 is 0 Å². The van der Waals surface area contributed by atoms with Crippen molar-refractivity contribution in [2.75, 3.05) is 11.9 Å². The lowest BCUT2D eigenvalue weighted by molar-refractivity contribution is -0.384. The maximum atomic E-state index is 12.1. The van der Waals surface area contributed by atoms with E-state index in [9.17, 15) is 14.9 Å². The molecule has 0 saturated carbocycles. The predicted molar refractivity (Wildman–Crippen MR) is 87.9 cm³/mol. The van der Waals surface area contributed by atoms with E-state index in [1.54, 1.807) is 18.2 Å². The number of nitrogens with zero attached hydrogens (tertiary/aromatic N) is 1. The van der Waals surface area contributed by atoms with Crippen molar-refractivity contribution in [1.82, 2.24) is 0 Å². The van der Waals surface area contributed by atoms with E-state index in [-0.39, 0.29) is 11.6 Å². The minimum absolute atomic E-state index is 0.0483. The minimum atomic E-state index is -0.501. The standard InChI is InChI=1S/C17H18N2O4/c1-2-3-11-23-16-6-4-5-14(12-16)18-17(20)13-7-9-15(10-8-13)19(21)22/h4-10,12H,2-3,11H2,1H3,(H,18,20). The van der Waals surface area contributed by atoms with Crippen molar-refractivity contribution in [1.29, 1.82) is 0 Å². The Bertz CT molecular complexity index is 683. The number of nitrogens with one attached hydrogen (secondary N) is 1. The summed E-state index contributed by atoms with van der Waals surface area (Å²) < 4.78 is 5.59. The van der Waals surface area contributed by atoms with Gasteiger partial charge in [0.15, 0.2) is 0 Å². The molecular formula is C17H18N2O4. The summed E-state index contributed by atoms with van der Waals surface area (Å²) in [5, 5.41) is 13.4. The lowest BCUT2D eigenvalue weighted by Crippen LogP contribution is -2.11. The lowest BCUT2D eigenvalue weighted by Gasteiger charge is -2.09. The van der Waals surface area contributed by atoms with E-state index in [2.05, 4.69) is 12.2 Å². The molecule has 6 heteroatoms. The van der Waals surface area contributed by atoms with Gasteiger partial charge in [-0.3, -0.25) is 14.9 Å². The van der Waals surface area contributed by atoms with Crippen molar-refractivity contribution < 1.29 is 14.5 Å². The van der Waals surface area contributed by atoms with Crippen molar-refractivity contribution in [2.45, 2.75) is 19.8 Å². The molecule has 0 bridgehead atoms. The lowest BCUT2D eigenvalue weighted by atomic mass is 10.2. The Labute approximate surface area is 134 Å². The molecule has 120 valence electrons. The number of rotatable bonds is 7. The Hall–Kier alpha value is -2.89. The molecule has 0 saturated heterocycles. The fourth-order valence-corrected chi connectivity index (χ4v) is 1.94. The highest BCUT2D eigenvalue weighted by atomic mass is 16.6. The number of benzene rings is 2. The van der Waals surface area contributed by atoms with Crippen LogP contribution in [0.15, 0.2) is 48.5 Å². The number of hydrogen-bond acceptors (Lipinski definition) is 4. The van der Waals surface area contributed by atoms with Crippen LogP contribution in [0.2, 0.25) is 0 Å². The molecule has 2 rings (SSSR count). The van der Waals surface area contributed by atoms with Gasteiger partial charge in [-0.2, -0.15) is 0 Å². The van der Waals surface area contributed by atoms with Crippen LogP contribution < -0.4 is 10.1 Å². The maximum Gasteiger partial charge on any atom is 0.269 e. The van der Waals surface area contributed by atoms with E-state index < -0.39 is 4.92 Å². The van der Waals surface area contributed by atoms with Crippen LogP contribution in [0, 0.1) is 10.1 Å². The third-order valence-corrected chi connectivity index (χ3v) is 3.20. The Morgan fingerprint density at radius 1 is 1.22 bits per heavy atom. The first-order valence-electron chi connectivity index (χ1n) is 7.39. The van der Waals surface area contributed by atoms with Gasteiger partial charge in [-0.25, -0.2) is 0 Å². The van der Waals surface area contributed by atoms with Crippen molar-refractivity contribution >= 4 is 17.3 Å². The number of carbonyl (C=O) groups is 1. The van der Waals surface area contributed by atoms with Gasteiger partial charge in [-0.15, -0.1) is 0 Å². The van der Waals surface area contributed by atoms with Crippen LogP contribution in [-0.2, 0) is 0 Å². The van der Waals surface area contributed by atoms with Crippen molar-refractivity contribution in [3.63, 3.8) is 0 Å². The molecule has 0 unspecified atom stereocenters. The number of nitro groups is 1. The molecule has 0 fully saturated rings. The van der Waals surface area contributed by atoms with Crippen LogP contribution in [0.3, 0.4) is 0 Å². The summed E-state index contributed by atoms with van der Waals surface area (Å²) in [6.45, 7) is 2.72. The average Bonchev–Trinajstić information content (AvgIpc) is 2.55. The second-order valence-electron chi connectivity index (χ2n) is 4.99. The topological polar surface area (TPSA) is 81.5 Å².